The Kier molecular flexibility index (Phi) is 3.67. The summed E-state index contributed by atoms with van der Waals surface area (Å²) in [5, 5.41) is 0.977. The van der Waals surface area contributed by atoms with Crippen molar-refractivity contribution < 1.29 is 4.74 Å². The topological polar surface area (TPSA) is 22.1 Å². The molecule has 0 saturated carbocycles. The predicted molar refractivity (Wildman–Crippen MR) is 80.0 cm³/mol. The van der Waals surface area contributed by atoms with Gasteiger partial charge in [0.1, 0.15) is 17.4 Å². The van der Waals surface area contributed by atoms with Crippen LogP contribution in [0.2, 0.25) is 0 Å². The Bertz CT molecular complexity index is 662. The van der Waals surface area contributed by atoms with E-state index < -0.39 is 0 Å². The van der Waals surface area contributed by atoms with Gasteiger partial charge in [-0.05, 0) is 18.2 Å². The number of thiazole rings is 1. The highest BCUT2D eigenvalue weighted by atomic mass is 35.5. The molecule has 2 nitrogen and oxygen atoms in total. The maximum Gasteiger partial charge on any atom is 0.140 e. The van der Waals surface area contributed by atoms with Crippen LogP contribution in [0, 0.1) is 0 Å². The number of hydrogen-bond acceptors (Lipinski definition) is 3. The molecule has 0 saturated heterocycles. The average Bonchev–Trinajstić information content (AvgIpc) is 2.88. The molecular weight excluding hydrogens is 278 g/mol. The van der Waals surface area contributed by atoms with E-state index in [1.165, 1.54) is 4.70 Å². The van der Waals surface area contributed by atoms with Crippen LogP contribution in [-0.4, -0.2) is 4.98 Å². The number of aromatic nitrogens is 1. The van der Waals surface area contributed by atoms with E-state index in [-0.39, 0.29) is 0 Å². The summed E-state index contributed by atoms with van der Waals surface area (Å²) in [4.78, 5) is 4.54. The van der Waals surface area contributed by atoms with Crippen molar-refractivity contribution in [1.82, 2.24) is 4.98 Å². The third-order valence-electron chi connectivity index (χ3n) is 2.81. The van der Waals surface area contributed by atoms with Crippen LogP contribution < -0.4 is 4.74 Å². The quantitative estimate of drug-likeness (QED) is 0.654. The zero-order chi connectivity index (χ0) is 13.1. The molecule has 2 aromatic carbocycles. The smallest absolute Gasteiger partial charge is 0.140 e. The Morgan fingerprint density at radius 2 is 1.84 bits per heavy atom. The second-order valence-corrected chi connectivity index (χ2v) is 5.49. The van der Waals surface area contributed by atoms with Gasteiger partial charge < -0.3 is 4.74 Å². The lowest BCUT2D eigenvalue weighted by Gasteiger charge is -2.07. The van der Waals surface area contributed by atoms with Crippen LogP contribution in [0.3, 0.4) is 0 Å². The molecule has 0 radical (unpaired) electrons. The van der Waals surface area contributed by atoms with Gasteiger partial charge >= 0.3 is 0 Å². The molecule has 0 unspecified atom stereocenters. The number of ether oxygens (including phenoxy) is 1. The highest BCUT2D eigenvalue weighted by Crippen LogP contribution is 2.25. The normalized spacial score (nSPS) is 10.8. The fourth-order valence-corrected chi connectivity index (χ4v) is 2.98. The summed E-state index contributed by atoms with van der Waals surface area (Å²) in [6.07, 6.45) is 0. The fraction of sp³-hybridized carbons (Fsp3) is 0.133. The minimum absolute atomic E-state index is 0.454. The van der Waals surface area contributed by atoms with Crippen molar-refractivity contribution in [3.8, 4) is 5.75 Å². The van der Waals surface area contributed by atoms with Crippen LogP contribution in [0.1, 0.15) is 10.6 Å². The third-order valence-corrected chi connectivity index (χ3v) is 4.10. The van der Waals surface area contributed by atoms with Gasteiger partial charge in [0.05, 0.1) is 16.1 Å². The standard InChI is InChI=1S/C15H12ClNOS/c16-9-11-5-1-3-7-13(11)18-10-15-17-12-6-2-4-8-14(12)19-15/h1-8H,9-10H2. The highest BCUT2D eigenvalue weighted by molar-refractivity contribution is 7.18. The van der Waals surface area contributed by atoms with Crippen molar-refractivity contribution >= 4 is 33.2 Å². The third kappa shape index (κ3) is 2.72. The lowest BCUT2D eigenvalue weighted by molar-refractivity contribution is 0.303. The van der Waals surface area contributed by atoms with Gasteiger partial charge in [0.2, 0.25) is 0 Å². The summed E-state index contributed by atoms with van der Waals surface area (Å²) < 4.78 is 6.99. The van der Waals surface area contributed by atoms with Gasteiger partial charge in [-0.25, -0.2) is 4.98 Å². The van der Waals surface area contributed by atoms with Crippen LogP contribution in [-0.2, 0) is 12.5 Å². The maximum absolute atomic E-state index is 5.89. The van der Waals surface area contributed by atoms with Crippen molar-refractivity contribution in [3.63, 3.8) is 0 Å². The second kappa shape index (κ2) is 5.59. The van der Waals surface area contributed by atoms with E-state index in [1.807, 2.05) is 42.5 Å². The van der Waals surface area contributed by atoms with E-state index in [9.17, 15) is 0 Å². The minimum Gasteiger partial charge on any atom is -0.486 e. The first kappa shape index (κ1) is 12.5. The average molecular weight is 290 g/mol. The van der Waals surface area contributed by atoms with Crippen LogP contribution in [0.5, 0.6) is 5.75 Å². The lowest BCUT2D eigenvalue weighted by Crippen LogP contribution is -1.97. The number of alkyl halides is 1. The zero-order valence-electron chi connectivity index (χ0n) is 10.2. The molecule has 96 valence electrons. The van der Waals surface area contributed by atoms with E-state index in [0.717, 1.165) is 21.8 Å². The number of halogens is 1. The van der Waals surface area contributed by atoms with Crippen LogP contribution in [0.4, 0.5) is 0 Å². The molecule has 0 fully saturated rings. The summed E-state index contributed by atoms with van der Waals surface area (Å²) in [5.74, 6) is 1.28. The van der Waals surface area contributed by atoms with E-state index in [4.69, 9.17) is 16.3 Å². The summed E-state index contributed by atoms with van der Waals surface area (Å²) >= 11 is 7.55. The predicted octanol–water partition coefficient (Wildman–Crippen LogP) is 4.61. The molecule has 19 heavy (non-hydrogen) atoms. The lowest BCUT2D eigenvalue weighted by atomic mass is 10.2. The van der Waals surface area contributed by atoms with Gasteiger partial charge in [-0.1, -0.05) is 30.3 Å². The van der Waals surface area contributed by atoms with Crippen molar-refractivity contribution in [2.24, 2.45) is 0 Å². The largest absolute Gasteiger partial charge is 0.486 e. The van der Waals surface area contributed by atoms with Gasteiger partial charge in [0.25, 0.3) is 0 Å². The fourth-order valence-electron chi connectivity index (χ4n) is 1.88. The van der Waals surface area contributed by atoms with Crippen molar-refractivity contribution in [2.45, 2.75) is 12.5 Å². The maximum atomic E-state index is 5.89. The number of para-hydroxylation sites is 2. The van der Waals surface area contributed by atoms with Gasteiger partial charge in [-0.2, -0.15) is 0 Å². The monoisotopic (exact) mass is 289 g/mol. The van der Waals surface area contributed by atoms with E-state index >= 15 is 0 Å². The van der Waals surface area contributed by atoms with E-state index in [0.29, 0.717) is 12.5 Å². The van der Waals surface area contributed by atoms with Crippen molar-refractivity contribution in [1.29, 1.82) is 0 Å². The molecule has 0 bridgehead atoms. The first-order valence-corrected chi connectivity index (χ1v) is 7.33. The number of rotatable bonds is 4. The molecule has 0 amide bonds. The molecule has 0 aliphatic carbocycles. The molecule has 0 atom stereocenters. The summed E-state index contributed by atoms with van der Waals surface area (Å²) in [7, 11) is 0. The van der Waals surface area contributed by atoms with Crippen molar-refractivity contribution in [3.05, 3.63) is 59.1 Å². The zero-order valence-corrected chi connectivity index (χ0v) is 11.7. The van der Waals surface area contributed by atoms with Gasteiger partial charge in [-0.15, -0.1) is 22.9 Å². The first-order valence-electron chi connectivity index (χ1n) is 5.98. The number of fused-ring (bicyclic) bond motifs is 1. The highest BCUT2D eigenvalue weighted by Gasteiger charge is 2.06. The Balaban J connectivity index is 1.78. The van der Waals surface area contributed by atoms with Crippen LogP contribution in [0.25, 0.3) is 10.2 Å². The Morgan fingerprint density at radius 3 is 2.68 bits per heavy atom. The number of benzene rings is 2. The number of nitrogens with zero attached hydrogens (tertiary/aromatic N) is 1. The Hall–Kier alpha value is -1.58. The van der Waals surface area contributed by atoms with Gasteiger partial charge in [-0.3, -0.25) is 0 Å². The first-order chi connectivity index (χ1) is 9.36. The van der Waals surface area contributed by atoms with Crippen molar-refractivity contribution in [2.75, 3.05) is 0 Å². The number of hydrogen-bond donors (Lipinski definition) is 0. The summed E-state index contributed by atoms with van der Waals surface area (Å²) in [6.45, 7) is 0.479. The molecule has 1 heterocycles. The Labute approximate surface area is 120 Å². The Morgan fingerprint density at radius 1 is 1.05 bits per heavy atom. The molecule has 0 N–H and O–H groups in total. The van der Waals surface area contributed by atoms with Gasteiger partial charge in [0, 0.05) is 5.56 Å². The van der Waals surface area contributed by atoms with Gasteiger partial charge in [0.15, 0.2) is 0 Å². The summed E-state index contributed by atoms with van der Waals surface area (Å²) in [5.41, 5.74) is 2.03. The molecule has 4 heteroatoms. The molecule has 0 aliphatic heterocycles. The molecule has 1 aromatic heterocycles. The van der Waals surface area contributed by atoms with Crippen LogP contribution >= 0.6 is 22.9 Å². The molecular formula is C15H12ClNOS. The minimum atomic E-state index is 0.454. The van der Waals surface area contributed by atoms with E-state index in [1.54, 1.807) is 11.3 Å². The SMILES string of the molecule is ClCc1ccccc1OCc1nc2ccccc2s1. The van der Waals surface area contributed by atoms with Crippen LogP contribution in [0.15, 0.2) is 48.5 Å². The van der Waals surface area contributed by atoms with E-state index in [2.05, 4.69) is 11.1 Å². The molecule has 0 aliphatic rings. The summed E-state index contributed by atoms with van der Waals surface area (Å²) in [6, 6.07) is 15.9. The molecule has 3 aromatic rings. The molecule has 0 spiro atoms. The molecule has 3 rings (SSSR count). The second-order valence-electron chi connectivity index (χ2n) is 4.11.